The molecule has 0 N–H and O–H groups in total. The Morgan fingerprint density at radius 2 is 1.27 bits per heavy atom. The van der Waals surface area contributed by atoms with Crippen LogP contribution in [0.3, 0.4) is 0 Å². The molecule has 4 nitrogen and oxygen atoms in total. The molecule has 0 aliphatic carbocycles. The van der Waals surface area contributed by atoms with Gasteiger partial charge < -0.3 is 9.64 Å². The monoisotopic (exact) mass is 315 g/mol. The van der Waals surface area contributed by atoms with Crippen molar-refractivity contribution in [3.8, 4) is 0 Å². The highest BCUT2D eigenvalue weighted by molar-refractivity contribution is 4.80. The van der Waals surface area contributed by atoms with Gasteiger partial charge in [0, 0.05) is 50.8 Å². The second kappa shape index (κ2) is 11.4. The average molecular weight is 316 g/mol. The summed E-state index contributed by atoms with van der Waals surface area (Å²) in [6, 6.07) is 0.689. The van der Waals surface area contributed by atoms with Gasteiger partial charge in [-0.3, -0.25) is 9.80 Å². The van der Waals surface area contributed by atoms with Gasteiger partial charge in [0.05, 0.1) is 13.2 Å². The van der Waals surface area contributed by atoms with Gasteiger partial charge in [-0.25, -0.2) is 0 Å². The van der Waals surface area contributed by atoms with Crippen LogP contribution in [0.5, 0.6) is 0 Å². The molecule has 4 heteroatoms. The molecule has 0 aromatic heterocycles. The minimum Gasteiger partial charge on any atom is -0.379 e. The number of rotatable bonds is 1. The molecule has 0 unspecified atom stereocenters. The van der Waals surface area contributed by atoms with Crippen molar-refractivity contribution in [2.24, 2.45) is 0 Å². The third-order valence-electron chi connectivity index (χ3n) is 4.23. The van der Waals surface area contributed by atoms with Crippen LogP contribution in [0.2, 0.25) is 0 Å². The molecule has 22 heavy (non-hydrogen) atoms. The molecule has 0 spiro atoms. The largest absolute Gasteiger partial charge is 0.379 e. The summed E-state index contributed by atoms with van der Waals surface area (Å²) in [5, 5.41) is 0. The molecule has 2 fully saturated rings. The summed E-state index contributed by atoms with van der Waals surface area (Å²) >= 11 is 0. The Bertz CT molecular complexity index is 250. The normalized spacial score (nSPS) is 21.7. The van der Waals surface area contributed by atoms with E-state index in [0.717, 1.165) is 26.3 Å². The number of hydrogen-bond acceptors (Lipinski definition) is 4. The summed E-state index contributed by atoms with van der Waals surface area (Å²) in [5.41, 5.74) is 0.362. The lowest BCUT2D eigenvalue weighted by Gasteiger charge is -2.41. The predicted octanol–water partition coefficient (Wildman–Crippen LogP) is 2.79. The smallest absolute Gasteiger partial charge is 0.0594 e. The molecule has 2 aliphatic heterocycles. The first-order valence-corrected chi connectivity index (χ1v) is 9.06. The quantitative estimate of drug-likeness (QED) is 0.740. The summed E-state index contributed by atoms with van der Waals surface area (Å²) in [5.74, 6) is 0. The average Bonchev–Trinajstić information content (AvgIpc) is 2.50. The van der Waals surface area contributed by atoms with Crippen LogP contribution in [0, 0.1) is 0 Å². The first-order chi connectivity index (χ1) is 10.3. The number of hydrogen-bond donors (Lipinski definition) is 0. The van der Waals surface area contributed by atoms with E-state index in [1.807, 2.05) is 13.8 Å². The number of ether oxygens (including phenoxy) is 1. The maximum absolute atomic E-state index is 5.21. The topological polar surface area (TPSA) is 19.0 Å². The Hall–Kier alpha value is -0.160. The SMILES string of the molecule is CC.CC(C)N1CCOCC1.CN1CCN(C(C)(C)C)CC1. The first kappa shape index (κ1) is 21.8. The molecule has 0 amide bonds. The van der Waals surface area contributed by atoms with E-state index in [9.17, 15) is 0 Å². The summed E-state index contributed by atoms with van der Waals surface area (Å²) < 4.78 is 5.21. The second-order valence-corrected chi connectivity index (χ2v) is 7.20. The van der Waals surface area contributed by atoms with Crippen molar-refractivity contribution in [1.29, 1.82) is 0 Å². The van der Waals surface area contributed by atoms with Crippen LogP contribution in [0.1, 0.15) is 48.5 Å². The van der Waals surface area contributed by atoms with Gasteiger partial charge in [0.25, 0.3) is 0 Å². The number of piperazine rings is 1. The van der Waals surface area contributed by atoms with Gasteiger partial charge in [-0.15, -0.1) is 0 Å². The van der Waals surface area contributed by atoms with Crippen LogP contribution >= 0.6 is 0 Å². The van der Waals surface area contributed by atoms with Crippen LogP contribution in [-0.4, -0.2) is 85.8 Å². The molecule has 0 atom stereocenters. The predicted molar refractivity (Wildman–Crippen MR) is 97.7 cm³/mol. The zero-order chi connectivity index (χ0) is 17.2. The molecule has 0 saturated carbocycles. The molecule has 134 valence electrons. The maximum atomic E-state index is 5.21. The fourth-order valence-corrected chi connectivity index (χ4v) is 2.57. The van der Waals surface area contributed by atoms with E-state index < -0.39 is 0 Å². The molecule has 0 radical (unpaired) electrons. The highest BCUT2D eigenvalue weighted by atomic mass is 16.5. The Morgan fingerprint density at radius 1 is 0.818 bits per heavy atom. The van der Waals surface area contributed by atoms with Crippen molar-refractivity contribution in [3.05, 3.63) is 0 Å². The number of nitrogens with zero attached hydrogens (tertiary/aromatic N) is 3. The molecule has 2 heterocycles. The van der Waals surface area contributed by atoms with Crippen molar-refractivity contribution in [3.63, 3.8) is 0 Å². The summed E-state index contributed by atoms with van der Waals surface area (Å²) in [4.78, 5) is 7.37. The number of likely N-dealkylation sites (N-methyl/N-ethyl adjacent to an activating group) is 1. The van der Waals surface area contributed by atoms with Crippen molar-refractivity contribution in [2.75, 3.05) is 59.5 Å². The van der Waals surface area contributed by atoms with Gasteiger partial charge in [0.15, 0.2) is 0 Å². The summed E-state index contributed by atoms with van der Waals surface area (Å²) in [7, 11) is 2.19. The van der Waals surface area contributed by atoms with E-state index in [1.54, 1.807) is 0 Å². The summed E-state index contributed by atoms with van der Waals surface area (Å²) in [6.07, 6.45) is 0. The zero-order valence-corrected chi connectivity index (χ0v) is 16.5. The van der Waals surface area contributed by atoms with Crippen LogP contribution in [0.15, 0.2) is 0 Å². The van der Waals surface area contributed by atoms with E-state index in [1.165, 1.54) is 26.2 Å². The van der Waals surface area contributed by atoms with Gasteiger partial charge in [-0.05, 0) is 41.7 Å². The van der Waals surface area contributed by atoms with Crippen molar-refractivity contribution >= 4 is 0 Å². The number of morpholine rings is 1. The van der Waals surface area contributed by atoms with Crippen LogP contribution < -0.4 is 0 Å². The summed E-state index contributed by atoms with van der Waals surface area (Å²) in [6.45, 7) is 24.3. The third-order valence-corrected chi connectivity index (χ3v) is 4.23. The zero-order valence-electron chi connectivity index (χ0n) is 16.5. The Labute approximate surface area is 139 Å². The molecule has 0 aromatic rings. The fourth-order valence-electron chi connectivity index (χ4n) is 2.57. The van der Waals surface area contributed by atoms with Crippen LogP contribution in [0.4, 0.5) is 0 Å². The minimum absolute atomic E-state index is 0.362. The lowest BCUT2D eigenvalue weighted by Crippen LogP contribution is -2.52. The molecule has 2 rings (SSSR count). The van der Waals surface area contributed by atoms with E-state index in [2.05, 4.69) is 56.4 Å². The molecule has 0 aromatic carbocycles. The van der Waals surface area contributed by atoms with E-state index in [0.29, 0.717) is 11.6 Å². The van der Waals surface area contributed by atoms with Gasteiger partial charge >= 0.3 is 0 Å². The molecule has 2 aliphatic rings. The van der Waals surface area contributed by atoms with Gasteiger partial charge in [0.2, 0.25) is 0 Å². The van der Waals surface area contributed by atoms with Crippen molar-refractivity contribution in [2.45, 2.75) is 60.0 Å². The van der Waals surface area contributed by atoms with Crippen molar-refractivity contribution in [1.82, 2.24) is 14.7 Å². The second-order valence-electron chi connectivity index (χ2n) is 7.20. The lowest BCUT2D eigenvalue weighted by atomic mass is 10.1. The van der Waals surface area contributed by atoms with Gasteiger partial charge in [-0.1, -0.05) is 13.8 Å². The molecule has 2 saturated heterocycles. The lowest BCUT2D eigenvalue weighted by molar-refractivity contribution is 0.0238. The van der Waals surface area contributed by atoms with Crippen LogP contribution in [-0.2, 0) is 4.74 Å². The van der Waals surface area contributed by atoms with Gasteiger partial charge in [0.1, 0.15) is 0 Å². The van der Waals surface area contributed by atoms with Crippen molar-refractivity contribution < 1.29 is 4.74 Å². The molecule has 0 bridgehead atoms. The standard InChI is InChI=1S/C9H20N2.C7H15NO.C2H6/c1-9(2,3)11-7-5-10(4)6-8-11;1-7(2)8-3-5-9-6-4-8;1-2/h5-8H2,1-4H3;7H,3-6H2,1-2H3;1-2H3. The molecular formula is C18H41N3O. The van der Waals surface area contributed by atoms with E-state index in [-0.39, 0.29) is 0 Å². The van der Waals surface area contributed by atoms with E-state index in [4.69, 9.17) is 4.74 Å². The van der Waals surface area contributed by atoms with Gasteiger partial charge in [-0.2, -0.15) is 0 Å². The Morgan fingerprint density at radius 3 is 1.59 bits per heavy atom. The first-order valence-electron chi connectivity index (χ1n) is 9.06. The maximum Gasteiger partial charge on any atom is 0.0594 e. The fraction of sp³-hybridized carbons (Fsp3) is 1.00. The Balaban J connectivity index is 0.000000366. The molecular weight excluding hydrogens is 274 g/mol. The third kappa shape index (κ3) is 9.09. The highest BCUT2D eigenvalue weighted by Gasteiger charge is 2.23. The minimum atomic E-state index is 0.362. The Kier molecular flexibility index (Phi) is 11.3. The van der Waals surface area contributed by atoms with E-state index >= 15 is 0 Å². The van der Waals surface area contributed by atoms with Crippen LogP contribution in [0.25, 0.3) is 0 Å². The highest BCUT2D eigenvalue weighted by Crippen LogP contribution is 2.14.